The maximum atomic E-state index is 15.6. The van der Waals surface area contributed by atoms with Gasteiger partial charge in [-0.25, -0.2) is 30.7 Å². The third-order valence-corrected chi connectivity index (χ3v) is 10.5. The molecule has 2 aliphatic rings. The van der Waals surface area contributed by atoms with Crippen LogP contribution in [0.2, 0.25) is 0 Å². The van der Waals surface area contributed by atoms with Gasteiger partial charge in [0.2, 0.25) is 20.0 Å². The molecule has 0 spiro atoms. The van der Waals surface area contributed by atoms with Crippen molar-refractivity contribution in [1.29, 1.82) is 0 Å². The number of anilines is 1. The van der Waals surface area contributed by atoms with Gasteiger partial charge in [-0.3, -0.25) is 4.90 Å². The molecule has 2 fully saturated rings. The summed E-state index contributed by atoms with van der Waals surface area (Å²) in [4.78, 5) is 3.82. The van der Waals surface area contributed by atoms with E-state index in [9.17, 15) is 16.8 Å². The molecule has 2 heterocycles. The van der Waals surface area contributed by atoms with Gasteiger partial charge in [0.15, 0.2) is 0 Å². The summed E-state index contributed by atoms with van der Waals surface area (Å²) in [6.45, 7) is 7.37. The summed E-state index contributed by atoms with van der Waals surface area (Å²) in [5.74, 6) is -0.535. The highest BCUT2D eigenvalue weighted by atomic mass is 32.2. The molecular formula is C27H39FN4O6S2. The highest BCUT2D eigenvalue weighted by Gasteiger charge is 2.39. The van der Waals surface area contributed by atoms with Crippen LogP contribution >= 0.6 is 0 Å². The Morgan fingerprint density at radius 2 is 1.68 bits per heavy atom. The summed E-state index contributed by atoms with van der Waals surface area (Å²) in [7, 11) is -3.69. The normalized spacial score (nSPS) is 22.6. The number of primary sulfonamides is 1. The molecule has 0 aromatic heterocycles. The van der Waals surface area contributed by atoms with E-state index in [-0.39, 0.29) is 38.8 Å². The number of halogens is 1. The van der Waals surface area contributed by atoms with E-state index < -0.39 is 31.5 Å². The summed E-state index contributed by atoms with van der Waals surface area (Å²) in [6, 6.07) is 7.95. The average Bonchev–Trinajstić information content (AvgIpc) is 2.87. The SMILES string of the molecule is COC1(CN2C[C@@H](C)O[C@@H](C)C2)CCN(c2c(F)cccc2-c2cc(S(N)(=O)=O)ccc2S(=O)(=O)N(C)C)CC1. The van der Waals surface area contributed by atoms with E-state index in [4.69, 9.17) is 14.6 Å². The van der Waals surface area contributed by atoms with Gasteiger partial charge in [0.25, 0.3) is 0 Å². The monoisotopic (exact) mass is 598 g/mol. The molecule has 0 amide bonds. The van der Waals surface area contributed by atoms with Crippen molar-refractivity contribution in [3.05, 3.63) is 42.2 Å². The van der Waals surface area contributed by atoms with Gasteiger partial charge in [-0.1, -0.05) is 12.1 Å². The van der Waals surface area contributed by atoms with Crippen molar-refractivity contribution in [2.75, 3.05) is 58.8 Å². The molecule has 0 aliphatic carbocycles. The van der Waals surface area contributed by atoms with E-state index in [0.29, 0.717) is 25.9 Å². The molecule has 40 heavy (non-hydrogen) atoms. The molecule has 2 aromatic rings. The predicted molar refractivity (Wildman–Crippen MR) is 152 cm³/mol. The molecule has 0 unspecified atom stereocenters. The third-order valence-electron chi connectivity index (χ3n) is 7.75. The number of para-hydroxylation sites is 1. The number of sulfonamides is 2. The quantitative estimate of drug-likeness (QED) is 0.492. The van der Waals surface area contributed by atoms with Crippen LogP contribution < -0.4 is 10.0 Å². The molecule has 0 bridgehead atoms. The van der Waals surface area contributed by atoms with Crippen LogP contribution in [-0.2, 0) is 29.5 Å². The van der Waals surface area contributed by atoms with Crippen LogP contribution in [0.3, 0.4) is 0 Å². The Labute approximate surface area is 236 Å². The fourth-order valence-electron chi connectivity index (χ4n) is 5.76. The Hall–Kier alpha value is -2.13. The number of piperidine rings is 1. The molecule has 2 saturated heterocycles. The van der Waals surface area contributed by atoms with Crippen molar-refractivity contribution in [1.82, 2.24) is 9.21 Å². The van der Waals surface area contributed by atoms with E-state index in [1.165, 1.54) is 38.4 Å². The number of hydrogen-bond donors (Lipinski definition) is 1. The lowest BCUT2D eigenvalue weighted by Gasteiger charge is -2.46. The number of nitrogens with two attached hydrogens (primary N) is 1. The second-order valence-corrected chi connectivity index (χ2v) is 14.6. The molecular weight excluding hydrogens is 559 g/mol. The predicted octanol–water partition coefficient (Wildman–Crippen LogP) is 2.49. The van der Waals surface area contributed by atoms with Gasteiger partial charge < -0.3 is 14.4 Å². The molecule has 0 radical (unpaired) electrons. The van der Waals surface area contributed by atoms with Crippen LogP contribution in [0.15, 0.2) is 46.2 Å². The van der Waals surface area contributed by atoms with E-state index in [2.05, 4.69) is 18.7 Å². The van der Waals surface area contributed by atoms with Gasteiger partial charge in [-0.2, -0.15) is 0 Å². The molecule has 2 aromatic carbocycles. The minimum Gasteiger partial charge on any atom is -0.377 e. The minimum absolute atomic E-state index is 0.0644. The number of hydrogen-bond acceptors (Lipinski definition) is 8. The van der Waals surface area contributed by atoms with Gasteiger partial charge in [-0.05, 0) is 51.0 Å². The highest BCUT2D eigenvalue weighted by molar-refractivity contribution is 7.89. The number of nitrogens with zero attached hydrogens (tertiary/aromatic N) is 3. The Bertz CT molecular complexity index is 1430. The van der Waals surface area contributed by atoms with Gasteiger partial charge in [-0.15, -0.1) is 0 Å². The zero-order chi connectivity index (χ0) is 29.5. The number of morpholine rings is 1. The zero-order valence-corrected chi connectivity index (χ0v) is 25.3. The van der Waals surface area contributed by atoms with Crippen molar-refractivity contribution in [3.8, 4) is 11.1 Å². The van der Waals surface area contributed by atoms with Crippen LogP contribution in [0.25, 0.3) is 11.1 Å². The summed E-state index contributed by atoms with van der Waals surface area (Å²) in [5, 5.41) is 5.37. The van der Waals surface area contributed by atoms with Crippen molar-refractivity contribution < 1.29 is 30.7 Å². The Kier molecular flexibility index (Phi) is 8.96. The van der Waals surface area contributed by atoms with Gasteiger partial charge >= 0.3 is 0 Å². The first-order chi connectivity index (χ1) is 18.7. The second kappa shape index (κ2) is 11.6. The number of benzene rings is 2. The Morgan fingerprint density at radius 3 is 2.23 bits per heavy atom. The zero-order valence-electron chi connectivity index (χ0n) is 23.6. The smallest absolute Gasteiger partial charge is 0.243 e. The molecule has 10 nitrogen and oxygen atoms in total. The van der Waals surface area contributed by atoms with E-state index >= 15 is 4.39 Å². The lowest BCUT2D eigenvalue weighted by Crippen LogP contribution is -2.56. The summed E-state index contributed by atoms with van der Waals surface area (Å²) >= 11 is 0. The Morgan fingerprint density at radius 1 is 1.05 bits per heavy atom. The van der Waals surface area contributed by atoms with Crippen LogP contribution in [0.5, 0.6) is 0 Å². The average molecular weight is 599 g/mol. The number of rotatable bonds is 8. The maximum Gasteiger partial charge on any atom is 0.243 e. The maximum absolute atomic E-state index is 15.6. The van der Waals surface area contributed by atoms with Crippen molar-refractivity contribution in [2.45, 2.75) is 54.3 Å². The van der Waals surface area contributed by atoms with Gasteiger partial charge in [0.1, 0.15) is 5.82 Å². The first kappa shape index (κ1) is 30.8. The standard InChI is InChI=1S/C27H39FN4O6S2/c1-19-16-31(17-20(2)38-19)18-27(37-5)11-13-32(14-12-27)26-22(7-6-8-24(26)28)23-15-21(39(29,33)34)9-10-25(23)40(35,36)30(3)4/h6-10,15,19-20H,11-14,16-18H2,1-5H3,(H2,29,33,34)/t19-,20+. The fraction of sp³-hybridized carbons (Fsp3) is 0.556. The van der Waals surface area contributed by atoms with Gasteiger partial charge in [0.05, 0.1) is 33.3 Å². The van der Waals surface area contributed by atoms with Crippen molar-refractivity contribution >= 4 is 25.7 Å². The lowest BCUT2D eigenvalue weighted by molar-refractivity contribution is -0.107. The lowest BCUT2D eigenvalue weighted by atomic mass is 9.89. The third kappa shape index (κ3) is 6.35. The van der Waals surface area contributed by atoms with Crippen molar-refractivity contribution in [2.24, 2.45) is 5.14 Å². The summed E-state index contributed by atoms with van der Waals surface area (Å²) < 4.78 is 79.3. The first-order valence-electron chi connectivity index (χ1n) is 13.2. The first-order valence-corrected chi connectivity index (χ1v) is 16.2. The van der Waals surface area contributed by atoms with Crippen LogP contribution in [0.4, 0.5) is 10.1 Å². The fourth-order valence-corrected chi connectivity index (χ4v) is 7.38. The molecule has 0 saturated carbocycles. The number of methoxy groups -OCH3 is 1. The topological polar surface area (TPSA) is 122 Å². The molecule has 2 N–H and O–H groups in total. The van der Waals surface area contributed by atoms with E-state index in [1.54, 1.807) is 13.2 Å². The molecule has 2 aliphatic heterocycles. The minimum atomic E-state index is -4.15. The highest BCUT2D eigenvalue weighted by Crippen LogP contribution is 2.41. The molecule has 222 valence electrons. The van der Waals surface area contributed by atoms with Gasteiger partial charge in [0, 0.05) is 65.1 Å². The van der Waals surface area contributed by atoms with Crippen LogP contribution in [0.1, 0.15) is 26.7 Å². The summed E-state index contributed by atoms with van der Waals surface area (Å²) in [6.07, 6.45) is 1.49. The Balaban J connectivity index is 1.71. The van der Waals surface area contributed by atoms with E-state index in [1.807, 2.05) is 4.90 Å². The summed E-state index contributed by atoms with van der Waals surface area (Å²) in [5.41, 5.74) is 0.120. The molecule has 4 rings (SSSR count). The molecule has 2 atom stereocenters. The van der Waals surface area contributed by atoms with Crippen LogP contribution in [0, 0.1) is 5.82 Å². The second-order valence-electron chi connectivity index (χ2n) is 11.0. The van der Waals surface area contributed by atoms with Crippen LogP contribution in [-0.4, -0.2) is 97.8 Å². The largest absolute Gasteiger partial charge is 0.377 e. The van der Waals surface area contributed by atoms with Crippen molar-refractivity contribution in [3.63, 3.8) is 0 Å². The number of ether oxygens (including phenoxy) is 2. The van der Waals surface area contributed by atoms with E-state index in [0.717, 1.165) is 30.0 Å². The molecule has 13 heteroatoms.